The van der Waals surface area contributed by atoms with Crippen LogP contribution in [0.1, 0.15) is 13.3 Å². The number of aromatic nitrogens is 2. The molecule has 1 aromatic carbocycles. The van der Waals surface area contributed by atoms with Crippen LogP contribution in [0.25, 0.3) is 10.9 Å². The summed E-state index contributed by atoms with van der Waals surface area (Å²) in [5.74, 6) is 0.239. The van der Waals surface area contributed by atoms with E-state index in [0.717, 1.165) is 29.6 Å². The van der Waals surface area contributed by atoms with Crippen LogP contribution in [0.5, 0.6) is 5.88 Å². The average Bonchev–Trinajstić information content (AvgIpc) is 2.82. The van der Waals surface area contributed by atoms with Crippen molar-refractivity contribution in [2.45, 2.75) is 13.3 Å². The normalized spacial score (nSPS) is 10.8. The fourth-order valence-electron chi connectivity index (χ4n) is 2.44. The number of pyridine rings is 1. The minimum atomic E-state index is 0.239. The van der Waals surface area contributed by atoms with Gasteiger partial charge in [-0.25, -0.2) is 4.68 Å². The maximum atomic E-state index is 10.3. The van der Waals surface area contributed by atoms with Gasteiger partial charge in [0, 0.05) is 24.2 Å². The number of fused-ring (bicyclic) bond motifs is 1. The van der Waals surface area contributed by atoms with Crippen LogP contribution in [0, 0.1) is 0 Å². The number of benzene rings is 1. The fourth-order valence-corrected chi connectivity index (χ4v) is 2.44. The number of anilines is 1. The van der Waals surface area contributed by atoms with Crippen molar-refractivity contribution in [1.82, 2.24) is 9.66 Å². The summed E-state index contributed by atoms with van der Waals surface area (Å²) in [5.41, 5.74) is 1.95. The molecule has 4 nitrogen and oxygen atoms in total. The van der Waals surface area contributed by atoms with Crippen molar-refractivity contribution in [1.29, 1.82) is 0 Å². The summed E-state index contributed by atoms with van der Waals surface area (Å²) in [6, 6.07) is 13.6. The summed E-state index contributed by atoms with van der Waals surface area (Å²) in [6.07, 6.45) is 4.53. The van der Waals surface area contributed by atoms with Crippen molar-refractivity contribution in [3.05, 3.63) is 54.9 Å². The van der Waals surface area contributed by atoms with Crippen LogP contribution < -0.4 is 5.01 Å². The molecule has 0 bridgehead atoms. The molecule has 3 rings (SSSR count). The first-order chi connectivity index (χ1) is 9.81. The van der Waals surface area contributed by atoms with Crippen LogP contribution in [0.15, 0.2) is 54.9 Å². The van der Waals surface area contributed by atoms with Gasteiger partial charge in [0.05, 0.1) is 17.4 Å². The molecule has 1 N–H and O–H groups in total. The van der Waals surface area contributed by atoms with E-state index < -0.39 is 0 Å². The summed E-state index contributed by atoms with van der Waals surface area (Å²) >= 11 is 0. The molecule has 0 aliphatic rings. The van der Waals surface area contributed by atoms with E-state index in [1.807, 2.05) is 52.3 Å². The van der Waals surface area contributed by atoms with Crippen LogP contribution in [-0.2, 0) is 0 Å². The summed E-state index contributed by atoms with van der Waals surface area (Å²) in [7, 11) is 0. The predicted octanol–water partition coefficient (Wildman–Crippen LogP) is 3.42. The number of para-hydroxylation sites is 1. The Morgan fingerprint density at radius 1 is 1.20 bits per heavy atom. The average molecular weight is 267 g/mol. The van der Waals surface area contributed by atoms with Gasteiger partial charge in [-0.1, -0.05) is 25.1 Å². The highest BCUT2D eigenvalue weighted by molar-refractivity contribution is 5.83. The molecular formula is C16H17N3O. The highest BCUT2D eigenvalue weighted by Crippen LogP contribution is 2.28. The minimum absolute atomic E-state index is 0.239. The van der Waals surface area contributed by atoms with Gasteiger partial charge in [0.15, 0.2) is 0 Å². The van der Waals surface area contributed by atoms with Crippen molar-refractivity contribution in [3.8, 4) is 5.88 Å². The zero-order valence-corrected chi connectivity index (χ0v) is 11.4. The van der Waals surface area contributed by atoms with E-state index in [1.165, 1.54) is 0 Å². The van der Waals surface area contributed by atoms with Crippen molar-refractivity contribution in [2.24, 2.45) is 0 Å². The van der Waals surface area contributed by atoms with Gasteiger partial charge in [0.25, 0.3) is 0 Å². The monoisotopic (exact) mass is 267 g/mol. The van der Waals surface area contributed by atoms with Crippen molar-refractivity contribution in [2.75, 3.05) is 11.6 Å². The lowest BCUT2D eigenvalue weighted by molar-refractivity contribution is 0.422. The number of rotatable bonds is 4. The molecule has 0 saturated carbocycles. The van der Waals surface area contributed by atoms with E-state index in [0.29, 0.717) is 0 Å². The number of aromatic hydroxyl groups is 1. The molecule has 0 spiro atoms. The third kappa shape index (κ3) is 2.09. The second-order valence-electron chi connectivity index (χ2n) is 4.71. The maximum Gasteiger partial charge on any atom is 0.211 e. The Labute approximate surface area is 117 Å². The van der Waals surface area contributed by atoms with Gasteiger partial charge in [-0.05, 0) is 24.6 Å². The highest BCUT2D eigenvalue weighted by atomic mass is 16.3. The Morgan fingerprint density at radius 3 is 2.80 bits per heavy atom. The fraction of sp³-hybridized carbons (Fsp3) is 0.188. The number of hydrogen-bond acceptors (Lipinski definition) is 3. The Hall–Kier alpha value is -2.49. The number of hydrogen-bond donors (Lipinski definition) is 1. The molecular weight excluding hydrogens is 250 g/mol. The van der Waals surface area contributed by atoms with Gasteiger partial charge in [-0.3, -0.25) is 9.99 Å². The molecule has 0 aliphatic heterocycles. The highest BCUT2D eigenvalue weighted by Gasteiger charge is 2.15. The van der Waals surface area contributed by atoms with Gasteiger partial charge >= 0.3 is 0 Å². The SMILES string of the molecule is CCCN(c1cccnc1)n1c(O)cc2ccccc21. The van der Waals surface area contributed by atoms with Gasteiger partial charge in [0.2, 0.25) is 5.88 Å². The van der Waals surface area contributed by atoms with E-state index in [4.69, 9.17) is 0 Å². The third-order valence-corrected chi connectivity index (χ3v) is 3.29. The summed E-state index contributed by atoms with van der Waals surface area (Å²) in [4.78, 5) is 4.17. The molecule has 2 heterocycles. The van der Waals surface area contributed by atoms with Gasteiger partial charge < -0.3 is 5.11 Å². The molecule has 0 fully saturated rings. The quantitative estimate of drug-likeness (QED) is 0.787. The Bertz CT molecular complexity index is 706. The van der Waals surface area contributed by atoms with Crippen LogP contribution in [-0.4, -0.2) is 21.3 Å². The first kappa shape index (κ1) is 12.5. The lowest BCUT2D eigenvalue weighted by Crippen LogP contribution is -2.29. The predicted molar refractivity (Wildman–Crippen MR) is 80.9 cm³/mol. The third-order valence-electron chi connectivity index (χ3n) is 3.29. The Morgan fingerprint density at radius 2 is 2.05 bits per heavy atom. The lowest BCUT2D eigenvalue weighted by Gasteiger charge is -2.26. The van der Waals surface area contributed by atoms with Crippen molar-refractivity contribution in [3.63, 3.8) is 0 Å². The standard InChI is InChI=1S/C16H17N3O/c1-2-10-18(14-7-5-9-17-12-14)19-15-8-4-3-6-13(15)11-16(19)20/h3-9,11-12,20H,2,10H2,1H3. The van der Waals surface area contributed by atoms with Gasteiger partial charge in [-0.15, -0.1) is 0 Å². The van der Waals surface area contributed by atoms with E-state index in [-0.39, 0.29) is 5.88 Å². The molecule has 0 atom stereocenters. The lowest BCUT2D eigenvalue weighted by atomic mass is 10.2. The Kier molecular flexibility index (Phi) is 3.29. The zero-order chi connectivity index (χ0) is 13.9. The molecule has 0 amide bonds. The molecule has 0 radical (unpaired) electrons. The molecule has 0 aliphatic carbocycles. The van der Waals surface area contributed by atoms with E-state index in [2.05, 4.69) is 11.9 Å². The van der Waals surface area contributed by atoms with Crippen molar-refractivity contribution < 1.29 is 5.11 Å². The molecule has 0 unspecified atom stereocenters. The van der Waals surface area contributed by atoms with Gasteiger partial charge in [0.1, 0.15) is 0 Å². The molecule has 0 saturated heterocycles. The summed E-state index contributed by atoms with van der Waals surface area (Å²) in [6.45, 7) is 2.92. The molecule has 2 aromatic heterocycles. The van der Waals surface area contributed by atoms with E-state index in [1.54, 1.807) is 12.3 Å². The first-order valence-corrected chi connectivity index (χ1v) is 6.78. The molecule has 4 heteroatoms. The largest absolute Gasteiger partial charge is 0.493 e. The Balaban J connectivity index is 2.17. The second-order valence-corrected chi connectivity index (χ2v) is 4.71. The topological polar surface area (TPSA) is 41.3 Å². The minimum Gasteiger partial charge on any atom is -0.493 e. The first-order valence-electron chi connectivity index (χ1n) is 6.78. The van der Waals surface area contributed by atoms with E-state index in [9.17, 15) is 5.11 Å². The summed E-state index contributed by atoms with van der Waals surface area (Å²) < 4.78 is 1.84. The molecule has 3 aromatic rings. The zero-order valence-electron chi connectivity index (χ0n) is 11.4. The van der Waals surface area contributed by atoms with Gasteiger partial charge in [-0.2, -0.15) is 0 Å². The maximum absolute atomic E-state index is 10.3. The molecule has 102 valence electrons. The molecule has 20 heavy (non-hydrogen) atoms. The van der Waals surface area contributed by atoms with Crippen LogP contribution in [0.3, 0.4) is 0 Å². The van der Waals surface area contributed by atoms with Crippen LogP contribution in [0.4, 0.5) is 5.69 Å². The van der Waals surface area contributed by atoms with Crippen LogP contribution >= 0.6 is 0 Å². The number of nitrogens with zero attached hydrogens (tertiary/aromatic N) is 3. The smallest absolute Gasteiger partial charge is 0.211 e. The van der Waals surface area contributed by atoms with Crippen molar-refractivity contribution >= 4 is 16.6 Å². The summed E-state index contributed by atoms with van der Waals surface area (Å²) in [5, 5.41) is 13.4. The van der Waals surface area contributed by atoms with E-state index >= 15 is 0 Å². The second kappa shape index (κ2) is 5.25. The van der Waals surface area contributed by atoms with Crippen LogP contribution in [0.2, 0.25) is 0 Å².